The van der Waals surface area contributed by atoms with Gasteiger partial charge in [0.2, 0.25) is 0 Å². The molecule has 7 nitrogen and oxygen atoms in total. The van der Waals surface area contributed by atoms with Crippen LogP contribution in [-0.4, -0.2) is 47.5 Å². The Labute approximate surface area is 232 Å². The van der Waals surface area contributed by atoms with E-state index in [1.165, 1.54) is 12.1 Å². The highest BCUT2D eigenvalue weighted by Gasteiger charge is 2.23. The molecule has 1 N–H and O–H groups in total. The van der Waals surface area contributed by atoms with Crippen LogP contribution in [0.5, 0.6) is 5.75 Å². The summed E-state index contributed by atoms with van der Waals surface area (Å²) >= 11 is 0. The van der Waals surface area contributed by atoms with Crippen molar-refractivity contribution in [2.75, 3.05) is 19.8 Å². The maximum atomic E-state index is 13.7. The van der Waals surface area contributed by atoms with Crippen LogP contribution >= 0.6 is 0 Å². The van der Waals surface area contributed by atoms with Crippen LogP contribution in [0.2, 0.25) is 0 Å². The molecule has 4 rings (SSSR count). The zero-order valence-electron chi connectivity index (χ0n) is 22.5. The summed E-state index contributed by atoms with van der Waals surface area (Å²) in [6.07, 6.45) is -0.648. The van der Waals surface area contributed by atoms with Gasteiger partial charge in [0.25, 0.3) is 0 Å². The number of carboxylic acids is 1. The molecule has 3 aromatic carbocycles. The fraction of sp³-hybridized carbons (Fsp3) is 0.250. The summed E-state index contributed by atoms with van der Waals surface area (Å²) in [6.45, 7) is 4.75. The molecule has 0 aliphatic carbocycles. The Bertz CT molecular complexity index is 1410. The minimum Gasteiger partial charge on any atom is -0.492 e. The van der Waals surface area contributed by atoms with Crippen molar-refractivity contribution in [2.45, 2.75) is 32.9 Å². The average molecular weight is 546 g/mol. The smallest absolute Gasteiger partial charge is 0.340 e. The van der Waals surface area contributed by atoms with E-state index in [-0.39, 0.29) is 25.5 Å². The number of nitrogens with zero attached hydrogens (tertiary/aromatic N) is 1. The highest BCUT2D eigenvalue weighted by Crippen LogP contribution is 2.34. The third kappa shape index (κ3) is 6.95. The Kier molecular flexibility index (Phi) is 9.70. The normalized spacial score (nSPS) is 11.7. The maximum absolute atomic E-state index is 13.7. The fourth-order valence-electron chi connectivity index (χ4n) is 4.52. The number of aromatic nitrogens is 1. The van der Waals surface area contributed by atoms with Crippen LogP contribution < -0.4 is 4.74 Å². The molecule has 0 spiro atoms. The van der Waals surface area contributed by atoms with E-state index in [0.717, 1.165) is 22.4 Å². The molecule has 0 saturated carbocycles. The molecule has 0 aliphatic rings. The molecule has 8 heteroatoms. The van der Waals surface area contributed by atoms with Gasteiger partial charge in [-0.25, -0.2) is 14.0 Å². The zero-order valence-corrected chi connectivity index (χ0v) is 22.5. The Morgan fingerprint density at radius 1 is 0.900 bits per heavy atom. The van der Waals surface area contributed by atoms with Crippen LogP contribution in [0.4, 0.5) is 4.39 Å². The van der Waals surface area contributed by atoms with Crippen molar-refractivity contribution < 1.29 is 33.3 Å². The molecule has 0 radical (unpaired) electrons. The van der Waals surface area contributed by atoms with Gasteiger partial charge in [0.15, 0.2) is 6.10 Å². The van der Waals surface area contributed by atoms with Crippen molar-refractivity contribution in [1.82, 2.24) is 4.57 Å². The largest absolute Gasteiger partial charge is 0.492 e. The summed E-state index contributed by atoms with van der Waals surface area (Å²) in [5.74, 6) is -1.16. The zero-order chi connectivity index (χ0) is 28.5. The van der Waals surface area contributed by atoms with Crippen LogP contribution in [-0.2, 0) is 27.2 Å². The van der Waals surface area contributed by atoms with Crippen LogP contribution in [0.1, 0.15) is 29.8 Å². The lowest BCUT2D eigenvalue weighted by Gasteiger charge is -2.16. The molecule has 0 aliphatic heterocycles. The van der Waals surface area contributed by atoms with Gasteiger partial charge in [0.1, 0.15) is 18.2 Å². The van der Waals surface area contributed by atoms with E-state index in [9.17, 15) is 19.1 Å². The Hall–Kier alpha value is -4.43. The quantitative estimate of drug-likeness (QED) is 0.200. The monoisotopic (exact) mass is 545 g/mol. The van der Waals surface area contributed by atoms with E-state index in [2.05, 4.69) is 0 Å². The van der Waals surface area contributed by atoms with Crippen LogP contribution in [0.25, 0.3) is 22.5 Å². The van der Waals surface area contributed by atoms with Gasteiger partial charge in [0, 0.05) is 18.7 Å². The second-order valence-electron chi connectivity index (χ2n) is 9.02. The molecule has 0 bridgehead atoms. The maximum Gasteiger partial charge on any atom is 0.340 e. The summed E-state index contributed by atoms with van der Waals surface area (Å²) < 4.78 is 32.4. The summed E-state index contributed by atoms with van der Waals surface area (Å²) in [5, 5.41) is 9.33. The van der Waals surface area contributed by atoms with Crippen molar-refractivity contribution in [2.24, 2.45) is 0 Å². The summed E-state index contributed by atoms with van der Waals surface area (Å²) in [4.78, 5) is 24.4. The third-order valence-corrected chi connectivity index (χ3v) is 6.35. The van der Waals surface area contributed by atoms with Crippen LogP contribution in [0.15, 0.2) is 84.9 Å². The molecule has 1 aromatic heterocycles. The summed E-state index contributed by atoms with van der Waals surface area (Å²) in [7, 11) is 0. The number of halogens is 1. The number of esters is 1. The Morgan fingerprint density at radius 2 is 1.60 bits per heavy atom. The molecular formula is C32H32FNO6. The first kappa shape index (κ1) is 28.6. The molecule has 40 heavy (non-hydrogen) atoms. The number of carboxylic acid groups (broad SMARTS) is 1. The van der Waals surface area contributed by atoms with Crippen molar-refractivity contribution in [3.05, 3.63) is 102 Å². The van der Waals surface area contributed by atoms with Crippen molar-refractivity contribution in [3.8, 4) is 28.3 Å². The van der Waals surface area contributed by atoms with Gasteiger partial charge in [-0.2, -0.15) is 0 Å². The Balaban J connectivity index is 1.61. The molecule has 0 fully saturated rings. The number of hydrogen-bond donors (Lipinski definition) is 1. The molecular weight excluding hydrogens is 513 g/mol. The van der Waals surface area contributed by atoms with Gasteiger partial charge in [-0.05, 0) is 73.0 Å². The summed E-state index contributed by atoms with van der Waals surface area (Å²) in [5.41, 5.74) is 4.25. The fourth-order valence-corrected chi connectivity index (χ4v) is 4.52. The number of aliphatic carboxylic acids is 1. The second kappa shape index (κ2) is 13.6. The number of rotatable bonds is 13. The second-order valence-corrected chi connectivity index (χ2v) is 9.02. The molecule has 4 aromatic rings. The standard InChI is InChI=1S/C32H32FNO6/c1-3-38-29(31(35)36)20-22-10-16-26(17-11-22)40-19-18-34-28(23-12-14-25(33)15-13-23)21-27(32(37)39-4-2)30(34)24-8-6-5-7-9-24/h5-17,21,29H,3-4,18-20H2,1-2H3,(H,35,36). The van der Waals surface area contributed by atoms with Gasteiger partial charge in [-0.1, -0.05) is 42.5 Å². The van der Waals surface area contributed by atoms with E-state index >= 15 is 0 Å². The van der Waals surface area contributed by atoms with Crippen LogP contribution in [0.3, 0.4) is 0 Å². The van der Waals surface area contributed by atoms with E-state index < -0.39 is 18.0 Å². The van der Waals surface area contributed by atoms with Gasteiger partial charge in [-0.3, -0.25) is 0 Å². The highest BCUT2D eigenvalue weighted by molar-refractivity contribution is 5.98. The number of carbonyl (C=O) groups is 2. The SMILES string of the molecule is CCOC(=O)c1cc(-c2ccc(F)cc2)n(CCOc2ccc(CC(OCC)C(=O)O)cc2)c1-c1ccccc1. The van der Waals surface area contributed by atoms with E-state index in [4.69, 9.17) is 14.2 Å². The van der Waals surface area contributed by atoms with Gasteiger partial charge in [-0.15, -0.1) is 0 Å². The predicted octanol–water partition coefficient (Wildman–Crippen LogP) is 6.25. The number of hydrogen-bond acceptors (Lipinski definition) is 5. The lowest BCUT2D eigenvalue weighted by Crippen LogP contribution is -2.26. The average Bonchev–Trinajstić information content (AvgIpc) is 3.34. The topological polar surface area (TPSA) is 87.0 Å². The number of benzene rings is 3. The first-order valence-corrected chi connectivity index (χ1v) is 13.2. The van der Waals surface area contributed by atoms with Crippen molar-refractivity contribution in [3.63, 3.8) is 0 Å². The van der Waals surface area contributed by atoms with Gasteiger partial charge >= 0.3 is 11.9 Å². The van der Waals surface area contributed by atoms with Gasteiger partial charge in [0.05, 0.1) is 24.4 Å². The summed E-state index contributed by atoms with van der Waals surface area (Å²) in [6, 6.07) is 24.7. The molecule has 1 unspecified atom stereocenters. The van der Waals surface area contributed by atoms with Crippen LogP contribution in [0, 0.1) is 5.82 Å². The lowest BCUT2D eigenvalue weighted by atomic mass is 10.1. The van der Waals surface area contributed by atoms with Crippen molar-refractivity contribution in [1.29, 1.82) is 0 Å². The predicted molar refractivity (Wildman–Crippen MR) is 150 cm³/mol. The molecule has 208 valence electrons. The Morgan fingerprint density at radius 3 is 2.23 bits per heavy atom. The van der Waals surface area contributed by atoms with Crippen molar-refractivity contribution >= 4 is 11.9 Å². The third-order valence-electron chi connectivity index (χ3n) is 6.35. The molecule has 0 saturated heterocycles. The first-order valence-electron chi connectivity index (χ1n) is 13.2. The van der Waals surface area contributed by atoms with Gasteiger partial charge < -0.3 is 23.9 Å². The number of ether oxygens (including phenoxy) is 3. The first-order chi connectivity index (χ1) is 19.4. The minimum atomic E-state index is -0.998. The lowest BCUT2D eigenvalue weighted by molar-refractivity contribution is -0.149. The van der Waals surface area contributed by atoms with E-state index in [1.807, 2.05) is 47.0 Å². The molecule has 1 heterocycles. The minimum absolute atomic E-state index is 0.237. The van der Waals surface area contributed by atoms with E-state index in [1.54, 1.807) is 44.2 Å². The number of carbonyl (C=O) groups excluding carboxylic acids is 1. The van der Waals surface area contributed by atoms with E-state index in [0.29, 0.717) is 30.2 Å². The molecule has 0 amide bonds. The highest BCUT2D eigenvalue weighted by atomic mass is 19.1. The molecule has 1 atom stereocenters.